The Bertz CT molecular complexity index is 595. The van der Waals surface area contributed by atoms with Crippen molar-refractivity contribution in [2.24, 2.45) is 5.92 Å². The van der Waals surface area contributed by atoms with E-state index in [1.165, 1.54) is 32.6 Å². The summed E-state index contributed by atoms with van der Waals surface area (Å²) in [5.74, 6) is 1.34. The van der Waals surface area contributed by atoms with Gasteiger partial charge in [0.25, 0.3) is 0 Å². The molecule has 0 radical (unpaired) electrons. The summed E-state index contributed by atoms with van der Waals surface area (Å²) in [5, 5.41) is 6.05. The second kappa shape index (κ2) is 8.79. The van der Waals surface area contributed by atoms with E-state index >= 15 is 0 Å². The molecule has 1 saturated carbocycles. The van der Waals surface area contributed by atoms with Crippen LogP contribution >= 0.6 is 11.3 Å². The molecule has 3 rings (SSSR count). The molecule has 2 fully saturated rings. The van der Waals surface area contributed by atoms with E-state index in [9.17, 15) is 9.59 Å². The molecule has 1 aromatic rings. The zero-order valence-electron chi connectivity index (χ0n) is 15.1. The number of rotatable bonds is 6. The quantitative estimate of drug-likeness (QED) is 0.845. The van der Waals surface area contributed by atoms with Crippen molar-refractivity contribution in [3.8, 4) is 0 Å². The van der Waals surface area contributed by atoms with Gasteiger partial charge in [0.1, 0.15) is 0 Å². The minimum absolute atomic E-state index is 0.000787. The summed E-state index contributed by atoms with van der Waals surface area (Å²) in [4.78, 5) is 30.4. The van der Waals surface area contributed by atoms with Gasteiger partial charge in [0.15, 0.2) is 0 Å². The summed E-state index contributed by atoms with van der Waals surface area (Å²) >= 11 is 1.70. The van der Waals surface area contributed by atoms with Gasteiger partial charge in [-0.2, -0.15) is 0 Å². The van der Waals surface area contributed by atoms with E-state index in [-0.39, 0.29) is 5.91 Å². The fraction of sp³-hybridized carbons (Fsp3) is 0.737. The van der Waals surface area contributed by atoms with Crippen LogP contribution in [0.5, 0.6) is 0 Å². The van der Waals surface area contributed by atoms with Crippen LogP contribution in [0.1, 0.15) is 68.5 Å². The lowest BCUT2D eigenvalue weighted by Gasteiger charge is -2.32. The number of carbonyl (C=O) groups is 2. The highest BCUT2D eigenvalue weighted by molar-refractivity contribution is 7.09. The molecule has 0 aromatic carbocycles. The average molecular weight is 364 g/mol. The highest BCUT2D eigenvalue weighted by Crippen LogP contribution is 2.32. The second-order valence-corrected chi connectivity index (χ2v) is 8.33. The normalized spacial score (nSPS) is 21.5. The molecule has 1 aliphatic carbocycles. The van der Waals surface area contributed by atoms with Gasteiger partial charge in [-0.15, -0.1) is 11.3 Å². The van der Waals surface area contributed by atoms with Gasteiger partial charge < -0.3 is 10.2 Å². The smallest absolute Gasteiger partial charge is 0.222 e. The number of piperidine rings is 1. The van der Waals surface area contributed by atoms with Crippen molar-refractivity contribution in [3.63, 3.8) is 0 Å². The molecule has 5 nitrogen and oxygen atoms in total. The van der Waals surface area contributed by atoms with E-state index in [0.717, 1.165) is 49.5 Å². The van der Waals surface area contributed by atoms with Gasteiger partial charge in [0, 0.05) is 50.7 Å². The third-order valence-corrected chi connectivity index (χ3v) is 6.44. The Labute approximate surface area is 154 Å². The fourth-order valence-corrected chi connectivity index (χ4v) is 4.97. The van der Waals surface area contributed by atoms with Gasteiger partial charge in [-0.05, 0) is 31.6 Å². The second-order valence-electron chi connectivity index (χ2n) is 7.44. The summed E-state index contributed by atoms with van der Waals surface area (Å²) in [5.41, 5.74) is 1.04. The summed E-state index contributed by atoms with van der Waals surface area (Å²) in [6.07, 6.45) is 8.75. The van der Waals surface area contributed by atoms with Crippen LogP contribution in [0.25, 0.3) is 0 Å². The molecular weight excluding hydrogens is 334 g/mol. The number of aromatic nitrogens is 1. The van der Waals surface area contributed by atoms with Crippen molar-refractivity contribution in [1.82, 2.24) is 15.2 Å². The van der Waals surface area contributed by atoms with E-state index in [1.807, 2.05) is 0 Å². The summed E-state index contributed by atoms with van der Waals surface area (Å²) < 4.78 is 0. The molecule has 2 amide bonds. The zero-order valence-corrected chi connectivity index (χ0v) is 15.9. The first-order valence-corrected chi connectivity index (χ1v) is 10.5. The van der Waals surface area contributed by atoms with Crippen LogP contribution in [0.4, 0.5) is 0 Å². The van der Waals surface area contributed by atoms with Crippen LogP contribution in [0.3, 0.4) is 0 Å². The third-order valence-electron chi connectivity index (χ3n) is 5.39. The summed E-state index contributed by atoms with van der Waals surface area (Å²) in [6, 6.07) is 0. The van der Waals surface area contributed by atoms with E-state index in [4.69, 9.17) is 4.98 Å². The minimum atomic E-state index is -0.000787. The maximum Gasteiger partial charge on any atom is 0.222 e. The van der Waals surface area contributed by atoms with Crippen LogP contribution in [0, 0.1) is 5.92 Å². The number of hydrogen-bond acceptors (Lipinski definition) is 4. The molecule has 1 saturated heterocycles. The topological polar surface area (TPSA) is 62.3 Å². The first-order valence-electron chi connectivity index (χ1n) is 9.58. The van der Waals surface area contributed by atoms with Crippen molar-refractivity contribution in [3.05, 3.63) is 16.1 Å². The number of amides is 2. The number of nitrogens with one attached hydrogen (secondary N) is 1. The Kier molecular flexibility index (Phi) is 6.45. The van der Waals surface area contributed by atoms with Crippen molar-refractivity contribution >= 4 is 23.2 Å². The Morgan fingerprint density at radius 3 is 2.84 bits per heavy atom. The predicted octanol–water partition coefficient (Wildman–Crippen LogP) is 3.11. The molecule has 1 N–H and O–H groups in total. The third kappa shape index (κ3) is 5.27. The van der Waals surface area contributed by atoms with Gasteiger partial charge in [0.2, 0.25) is 11.8 Å². The fourth-order valence-electron chi connectivity index (χ4n) is 3.99. The van der Waals surface area contributed by atoms with E-state index < -0.39 is 0 Å². The predicted molar refractivity (Wildman–Crippen MR) is 99.6 cm³/mol. The number of nitrogens with zero attached hydrogens (tertiary/aromatic N) is 2. The summed E-state index contributed by atoms with van der Waals surface area (Å²) in [6.45, 7) is 3.90. The Morgan fingerprint density at radius 1 is 1.28 bits per heavy atom. The molecule has 0 spiro atoms. The molecule has 0 bridgehead atoms. The molecule has 2 heterocycles. The number of likely N-dealkylation sites (tertiary alicyclic amines) is 1. The molecule has 0 unspecified atom stereocenters. The molecule has 138 valence electrons. The lowest BCUT2D eigenvalue weighted by molar-refractivity contribution is -0.133. The van der Waals surface area contributed by atoms with Gasteiger partial charge in [-0.25, -0.2) is 4.98 Å². The van der Waals surface area contributed by atoms with E-state index in [1.54, 1.807) is 11.3 Å². The Balaban J connectivity index is 1.51. The molecule has 6 heteroatoms. The SMILES string of the molecule is CC(=O)NCCc1csc([C@H]2CCCN(C(=O)CC3CCCC3)C2)n1. The lowest BCUT2D eigenvalue weighted by Crippen LogP contribution is -2.39. The maximum absolute atomic E-state index is 12.6. The molecule has 1 aromatic heterocycles. The number of carbonyl (C=O) groups excluding carboxylic acids is 2. The highest BCUT2D eigenvalue weighted by atomic mass is 32.1. The standard InChI is InChI=1S/C19H29N3O2S/c1-14(23)20-9-8-17-13-25-19(21-17)16-7-4-10-22(12-16)18(24)11-15-5-2-3-6-15/h13,15-16H,2-12H2,1H3,(H,20,23)/t16-/m0/s1. The van der Waals surface area contributed by atoms with Crippen LogP contribution in [0.2, 0.25) is 0 Å². The first kappa shape index (κ1) is 18.4. The van der Waals surface area contributed by atoms with Crippen LogP contribution in [0.15, 0.2) is 5.38 Å². The van der Waals surface area contributed by atoms with Crippen molar-refractivity contribution in [1.29, 1.82) is 0 Å². The molecule has 1 aliphatic heterocycles. The number of thiazole rings is 1. The molecule has 2 aliphatic rings. The van der Waals surface area contributed by atoms with E-state index in [0.29, 0.717) is 24.3 Å². The zero-order chi connectivity index (χ0) is 17.6. The van der Waals surface area contributed by atoms with Gasteiger partial charge >= 0.3 is 0 Å². The van der Waals surface area contributed by atoms with Gasteiger partial charge in [-0.3, -0.25) is 9.59 Å². The molecular formula is C19H29N3O2S. The number of hydrogen-bond donors (Lipinski definition) is 1. The van der Waals surface area contributed by atoms with Crippen molar-refractivity contribution < 1.29 is 9.59 Å². The van der Waals surface area contributed by atoms with Gasteiger partial charge in [0.05, 0.1) is 10.7 Å². The van der Waals surface area contributed by atoms with Crippen LogP contribution in [-0.4, -0.2) is 41.3 Å². The maximum atomic E-state index is 12.6. The monoisotopic (exact) mass is 363 g/mol. The molecule has 25 heavy (non-hydrogen) atoms. The Morgan fingerprint density at radius 2 is 2.08 bits per heavy atom. The van der Waals surface area contributed by atoms with Crippen LogP contribution < -0.4 is 5.32 Å². The van der Waals surface area contributed by atoms with Crippen molar-refractivity contribution in [2.75, 3.05) is 19.6 Å². The Hall–Kier alpha value is -1.43. The highest BCUT2D eigenvalue weighted by Gasteiger charge is 2.28. The summed E-state index contributed by atoms with van der Waals surface area (Å²) in [7, 11) is 0. The lowest BCUT2D eigenvalue weighted by atomic mass is 9.97. The van der Waals surface area contributed by atoms with Gasteiger partial charge in [-0.1, -0.05) is 12.8 Å². The average Bonchev–Trinajstić information content (AvgIpc) is 3.26. The molecule has 1 atom stereocenters. The van der Waals surface area contributed by atoms with Crippen molar-refractivity contribution in [2.45, 2.75) is 64.2 Å². The largest absolute Gasteiger partial charge is 0.356 e. The first-order chi connectivity index (χ1) is 12.1. The minimum Gasteiger partial charge on any atom is -0.356 e. The van der Waals surface area contributed by atoms with Crippen LogP contribution in [-0.2, 0) is 16.0 Å². The van der Waals surface area contributed by atoms with E-state index in [2.05, 4.69) is 15.6 Å².